The molecule has 10 heteroatoms. The van der Waals surface area contributed by atoms with Crippen molar-refractivity contribution in [1.29, 1.82) is 0 Å². The lowest BCUT2D eigenvalue weighted by Gasteiger charge is -1.90. The third-order valence-corrected chi connectivity index (χ3v) is 4.22. The highest BCUT2D eigenvalue weighted by molar-refractivity contribution is 5.78. The van der Waals surface area contributed by atoms with Gasteiger partial charge in [-0.1, -0.05) is 5.21 Å². The van der Waals surface area contributed by atoms with Crippen LogP contribution in [-0.2, 0) is 28.2 Å². The molecule has 170 valence electrons. The topological polar surface area (TPSA) is 97.1 Å². The highest BCUT2D eigenvalue weighted by atomic mass is 15.4. The molecule has 5 rings (SSSR count). The molecule has 0 aliphatic carbocycles. The van der Waals surface area contributed by atoms with Gasteiger partial charge in [-0.05, 0) is 38.8 Å². The van der Waals surface area contributed by atoms with E-state index in [1.807, 2.05) is 89.1 Å². The number of imidazole rings is 1. The maximum atomic E-state index is 4.15. The molecule has 0 aromatic carbocycles. The third kappa shape index (κ3) is 7.78. The van der Waals surface area contributed by atoms with E-state index < -0.39 is 0 Å². The fourth-order valence-electron chi connectivity index (χ4n) is 2.85. The smallest absolute Gasteiger partial charge is 0.143 e. The quantitative estimate of drug-likeness (QED) is 0.370. The molecule has 0 atom stereocenters. The van der Waals surface area contributed by atoms with Gasteiger partial charge in [0, 0.05) is 64.6 Å². The lowest BCUT2D eigenvalue weighted by molar-refractivity contribution is 0.714. The first-order valence-electron chi connectivity index (χ1n) is 10.1. The Hall–Kier alpha value is -3.82. The fraction of sp³-hybridized carbons (Fsp3) is 0.364. The van der Waals surface area contributed by atoms with Crippen LogP contribution in [-0.4, -0.2) is 48.9 Å². The Balaban J connectivity index is 0.000000155. The second-order valence-corrected chi connectivity index (χ2v) is 7.59. The van der Waals surface area contributed by atoms with Gasteiger partial charge in [-0.15, -0.1) is 5.10 Å². The average molecular weight is 437 g/mol. The minimum atomic E-state index is 0.961. The van der Waals surface area contributed by atoms with Crippen molar-refractivity contribution in [3.63, 3.8) is 0 Å². The van der Waals surface area contributed by atoms with E-state index in [0.29, 0.717) is 0 Å². The molecule has 0 unspecified atom stereocenters. The molecule has 0 bridgehead atoms. The molecule has 0 amide bonds. The largest absolute Gasteiger partial charge is 0.340 e. The van der Waals surface area contributed by atoms with E-state index in [2.05, 4.69) is 43.5 Å². The molecule has 10 nitrogen and oxygen atoms in total. The van der Waals surface area contributed by atoms with Crippen molar-refractivity contribution in [2.75, 3.05) is 0 Å². The molecule has 5 aromatic heterocycles. The number of fused-ring (bicyclic) bond motifs is 1. The van der Waals surface area contributed by atoms with Gasteiger partial charge in [-0.2, -0.15) is 5.10 Å². The van der Waals surface area contributed by atoms with Crippen LogP contribution in [0.2, 0.25) is 0 Å². The van der Waals surface area contributed by atoms with Crippen LogP contribution < -0.4 is 0 Å². The molecule has 0 spiro atoms. The third-order valence-electron chi connectivity index (χ3n) is 4.22. The zero-order valence-electron chi connectivity index (χ0n) is 20.1. The first-order valence-corrected chi connectivity index (χ1v) is 10.1. The van der Waals surface area contributed by atoms with Gasteiger partial charge in [0.1, 0.15) is 12.0 Å². The molecule has 0 aliphatic rings. The van der Waals surface area contributed by atoms with Crippen LogP contribution in [0.4, 0.5) is 0 Å². The normalized spacial score (nSPS) is 9.88. The van der Waals surface area contributed by atoms with Gasteiger partial charge in [0.15, 0.2) is 0 Å². The number of aromatic nitrogens is 10. The highest BCUT2D eigenvalue weighted by Gasteiger charge is 2.01. The van der Waals surface area contributed by atoms with E-state index in [1.54, 1.807) is 22.0 Å². The van der Waals surface area contributed by atoms with Gasteiger partial charge >= 0.3 is 0 Å². The molecular formula is C22H32N10. The minimum absolute atomic E-state index is 0.961. The predicted molar refractivity (Wildman–Crippen MR) is 125 cm³/mol. The Morgan fingerprint density at radius 1 is 0.750 bits per heavy atom. The molecule has 0 radical (unpaired) electrons. The van der Waals surface area contributed by atoms with E-state index in [1.165, 1.54) is 11.1 Å². The maximum Gasteiger partial charge on any atom is 0.143 e. The van der Waals surface area contributed by atoms with Crippen LogP contribution in [0.15, 0.2) is 49.8 Å². The number of aryl methyl sites for hydroxylation is 8. The van der Waals surface area contributed by atoms with E-state index >= 15 is 0 Å². The van der Waals surface area contributed by atoms with Crippen LogP contribution in [0.3, 0.4) is 0 Å². The maximum absolute atomic E-state index is 4.15. The molecule has 5 heterocycles. The number of hydrogen-bond acceptors (Lipinski definition) is 6. The van der Waals surface area contributed by atoms with Gasteiger partial charge in [-0.3, -0.25) is 9.36 Å². The van der Waals surface area contributed by atoms with Crippen LogP contribution in [0, 0.1) is 27.7 Å². The van der Waals surface area contributed by atoms with Crippen molar-refractivity contribution in [2.24, 2.45) is 28.2 Å². The van der Waals surface area contributed by atoms with Gasteiger partial charge in [0.25, 0.3) is 0 Å². The summed E-state index contributed by atoms with van der Waals surface area (Å²) >= 11 is 0. The molecule has 0 aliphatic heterocycles. The zero-order valence-corrected chi connectivity index (χ0v) is 20.1. The fourth-order valence-corrected chi connectivity index (χ4v) is 2.85. The summed E-state index contributed by atoms with van der Waals surface area (Å²) in [4.78, 5) is 12.1. The van der Waals surface area contributed by atoms with Crippen LogP contribution in [0.5, 0.6) is 0 Å². The summed E-state index contributed by atoms with van der Waals surface area (Å²) in [6.07, 6.45) is 14.9. The molecule has 0 saturated heterocycles. The van der Waals surface area contributed by atoms with Gasteiger partial charge in [0.2, 0.25) is 0 Å². The lowest BCUT2D eigenvalue weighted by Crippen LogP contribution is -1.86. The molecule has 0 N–H and O–H groups in total. The molecular weight excluding hydrogens is 404 g/mol. The van der Waals surface area contributed by atoms with Gasteiger partial charge < -0.3 is 9.13 Å². The molecule has 5 aromatic rings. The van der Waals surface area contributed by atoms with Gasteiger partial charge in [-0.25, -0.2) is 15.0 Å². The first-order chi connectivity index (χ1) is 15.2. The number of hydrogen-bond donors (Lipinski definition) is 0. The monoisotopic (exact) mass is 436 g/mol. The van der Waals surface area contributed by atoms with Crippen LogP contribution in [0.25, 0.3) is 11.0 Å². The van der Waals surface area contributed by atoms with Crippen molar-refractivity contribution < 1.29 is 0 Å². The Labute approximate surface area is 188 Å². The summed E-state index contributed by atoms with van der Waals surface area (Å²) in [6.45, 7) is 7.96. The van der Waals surface area contributed by atoms with Crippen molar-refractivity contribution in [2.45, 2.75) is 27.7 Å². The Bertz CT molecular complexity index is 1050. The second-order valence-electron chi connectivity index (χ2n) is 7.59. The predicted octanol–water partition coefficient (Wildman–Crippen LogP) is 2.86. The Kier molecular flexibility index (Phi) is 8.82. The summed E-state index contributed by atoms with van der Waals surface area (Å²) in [7, 11) is 7.70. The van der Waals surface area contributed by atoms with E-state index in [0.717, 1.165) is 22.4 Å². The summed E-state index contributed by atoms with van der Waals surface area (Å²) in [5.74, 6) is 0. The summed E-state index contributed by atoms with van der Waals surface area (Å²) in [6, 6.07) is 0. The van der Waals surface area contributed by atoms with Crippen molar-refractivity contribution in [1.82, 2.24) is 48.9 Å². The zero-order chi connectivity index (χ0) is 23.7. The minimum Gasteiger partial charge on any atom is -0.340 e. The lowest BCUT2D eigenvalue weighted by atomic mass is 10.3. The first kappa shape index (κ1) is 24.4. The van der Waals surface area contributed by atoms with E-state index in [-0.39, 0.29) is 0 Å². The van der Waals surface area contributed by atoms with Crippen molar-refractivity contribution in [3.8, 4) is 0 Å². The van der Waals surface area contributed by atoms with Crippen molar-refractivity contribution in [3.05, 3.63) is 72.4 Å². The number of rotatable bonds is 0. The molecule has 32 heavy (non-hydrogen) atoms. The van der Waals surface area contributed by atoms with E-state index in [9.17, 15) is 0 Å². The molecule has 0 saturated carbocycles. The SMILES string of the molecule is Cc1cn(C)c2ncncc12.Cc1cn(C)cn1.Cc1cn(C)nn1.Cc1cnn(C)c1. The number of nitrogens with zero attached hydrogens (tertiary/aromatic N) is 10. The standard InChI is InChI=1S/C8H9N3.2C5H8N2.C4H7N3/c1-6-4-11(2)8-7(6)3-9-5-10-8;1-5-3-7(2)4-6-5;1-5-3-6-7(2)4-5;1-4-3-7(2)6-5-4/h3-5H,1-2H3;2*3-4H,1-2H3;3H,1-2H3. The summed E-state index contributed by atoms with van der Waals surface area (Å²) in [5, 5.41) is 12.5. The highest BCUT2D eigenvalue weighted by Crippen LogP contribution is 2.14. The van der Waals surface area contributed by atoms with Gasteiger partial charge in [0.05, 0.1) is 23.9 Å². The Morgan fingerprint density at radius 2 is 1.50 bits per heavy atom. The Morgan fingerprint density at radius 3 is 1.84 bits per heavy atom. The second kappa shape index (κ2) is 11.5. The van der Waals surface area contributed by atoms with Crippen molar-refractivity contribution >= 4 is 11.0 Å². The molecule has 0 fully saturated rings. The van der Waals surface area contributed by atoms with Crippen LogP contribution >= 0.6 is 0 Å². The summed E-state index contributed by atoms with van der Waals surface area (Å²) < 4.78 is 7.40. The summed E-state index contributed by atoms with van der Waals surface area (Å²) in [5.41, 5.74) is 5.47. The average Bonchev–Trinajstić information content (AvgIpc) is 3.49. The van der Waals surface area contributed by atoms with E-state index in [4.69, 9.17) is 0 Å². The van der Waals surface area contributed by atoms with Crippen LogP contribution in [0.1, 0.15) is 22.5 Å².